The Kier molecular flexibility index (Phi) is 5.00. The topological polar surface area (TPSA) is 41.5 Å². The second kappa shape index (κ2) is 6.10. The summed E-state index contributed by atoms with van der Waals surface area (Å²) in [7, 11) is 1.59. The molecule has 0 amide bonds. The second-order valence-corrected chi connectivity index (χ2v) is 3.65. The molecule has 2 N–H and O–H groups in total. The number of rotatable bonds is 6. The minimum absolute atomic E-state index is 0.386. The van der Waals surface area contributed by atoms with Gasteiger partial charge in [-0.05, 0) is 22.4 Å². The van der Waals surface area contributed by atoms with Crippen molar-refractivity contribution >= 4 is 11.3 Å². The molecule has 1 aromatic rings. The Hall–Kier alpha value is -0.420. The van der Waals surface area contributed by atoms with Crippen molar-refractivity contribution in [3.63, 3.8) is 0 Å². The molecule has 1 rings (SSSR count). The van der Waals surface area contributed by atoms with Gasteiger partial charge in [0.15, 0.2) is 0 Å². The Balaban J connectivity index is 2.07. The highest BCUT2D eigenvalue weighted by Crippen LogP contribution is 2.04. The van der Waals surface area contributed by atoms with E-state index >= 15 is 0 Å². The van der Waals surface area contributed by atoms with Gasteiger partial charge in [0.05, 0.1) is 12.7 Å². The Bertz CT molecular complexity index is 213. The van der Waals surface area contributed by atoms with Crippen LogP contribution < -0.4 is 5.32 Å². The lowest BCUT2D eigenvalue weighted by molar-refractivity contribution is 0.0644. The average Bonchev–Trinajstić information content (AvgIpc) is 2.57. The van der Waals surface area contributed by atoms with Gasteiger partial charge in [-0.3, -0.25) is 0 Å². The zero-order chi connectivity index (χ0) is 9.52. The third-order valence-electron chi connectivity index (χ3n) is 1.65. The maximum Gasteiger partial charge on any atom is 0.0897 e. The molecule has 1 unspecified atom stereocenters. The van der Waals surface area contributed by atoms with Crippen LogP contribution in [0.3, 0.4) is 0 Å². The molecule has 74 valence electrons. The largest absolute Gasteiger partial charge is 0.389 e. The van der Waals surface area contributed by atoms with Crippen LogP contribution in [-0.4, -0.2) is 31.5 Å². The van der Waals surface area contributed by atoms with Crippen LogP contribution in [0.1, 0.15) is 5.56 Å². The highest BCUT2D eigenvalue weighted by atomic mass is 32.1. The van der Waals surface area contributed by atoms with E-state index in [-0.39, 0.29) is 0 Å². The van der Waals surface area contributed by atoms with Gasteiger partial charge in [-0.1, -0.05) is 0 Å². The summed E-state index contributed by atoms with van der Waals surface area (Å²) in [6.45, 7) is 1.77. The molecule has 0 aliphatic carbocycles. The zero-order valence-electron chi connectivity index (χ0n) is 7.69. The van der Waals surface area contributed by atoms with E-state index in [1.165, 1.54) is 5.56 Å². The van der Waals surface area contributed by atoms with Gasteiger partial charge < -0.3 is 15.2 Å². The second-order valence-electron chi connectivity index (χ2n) is 2.87. The van der Waals surface area contributed by atoms with Gasteiger partial charge in [0.2, 0.25) is 0 Å². The lowest BCUT2D eigenvalue weighted by atomic mass is 10.3. The lowest BCUT2D eigenvalue weighted by Gasteiger charge is -2.09. The van der Waals surface area contributed by atoms with Crippen LogP contribution in [0.15, 0.2) is 16.8 Å². The summed E-state index contributed by atoms with van der Waals surface area (Å²) >= 11 is 1.68. The molecule has 1 aromatic heterocycles. The lowest BCUT2D eigenvalue weighted by Crippen LogP contribution is -2.29. The monoisotopic (exact) mass is 201 g/mol. The Morgan fingerprint density at radius 1 is 1.69 bits per heavy atom. The van der Waals surface area contributed by atoms with Gasteiger partial charge >= 0.3 is 0 Å². The molecule has 0 radical (unpaired) electrons. The van der Waals surface area contributed by atoms with Crippen molar-refractivity contribution in [2.75, 3.05) is 20.3 Å². The molecule has 0 aromatic carbocycles. The molecule has 13 heavy (non-hydrogen) atoms. The highest BCUT2D eigenvalue weighted by Gasteiger charge is 2.01. The molecule has 0 aliphatic heterocycles. The summed E-state index contributed by atoms with van der Waals surface area (Å²) < 4.78 is 4.80. The number of aliphatic hydroxyl groups excluding tert-OH is 1. The van der Waals surface area contributed by atoms with Crippen molar-refractivity contribution < 1.29 is 9.84 Å². The third kappa shape index (κ3) is 4.38. The van der Waals surface area contributed by atoms with E-state index < -0.39 is 6.10 Å². The van der Waals surface area contributed by atoms with Crippen LogP contribution in [0.2, 0.25) is 0 Å². The van der Waals surface area contributed by atoms with Crippen molar-refractivity contribution in [2.45, 2.75) is 12.6 Å². The molecule has 0 spiro atoms. The van der Waals surface area contributed by atoms with Gasteiger partial charge in [0, 0.05) is 20.2 Å². The smallest absolute Gasteiger partial charge is 0.0897 e. The minimum Gasteiger partial charge on any atom is -0.389 e. The molecule has 0 saturated carbocycles. The number of hydrogen-bond acceptors (Lipinski definition) is 4. The van der Waals surface area contributed by atoms with Crippen molar-refractivity contribution in [2.24, 2.45) is 0 Å². The standard InChI is InChI=1S/C9H15NO2S/c1-12-6-9(11)5-10-4-8-2-3-13-7-8/h2-3,7,9-11H,4-6H2,1H3. The van der Waals surface area contributed by atoms with Crippen LogP contribution in [0.4, 0.5) is 0 Å². The van der Waals surface area contributed by atoms with Gasteiger partial charge in [0.25, 0.3) is 0 Å². The fraction of sp³-hybridized carbons (Fsp3) is 0.556. The van der Waals surface area contributed by atoms with E-state index in [1.807, 2.05) is 5.38 Å². The summed E-state index contributed by atoms with van der Waals surface area (Å²) in [6, 6.07) is 2.07. The van der Waals surface area contributed by atoms with Crippen LogP contribution in [0, 0.1) is 0 Å². The third-order valence-corrected chi connectivity index (χ3v) is 2.38. The summed E-state index contributed by atoms with van der Waals surface area (Å²) in [5.41, 5.74) is 1.26. The van der Waals surface area contributed by atoms with Crippen LogP contribution in [-0.2, 0) is 11.3 Å². The minimum atomic E-state index is -0.413. The molecule has 0 saturated heterocycles. The van der Waals surface area contributed by atoms with E-state index in [0.717, 1.165) is 6.54 Å². The summed E-state index contributed by atoms with van der Waals surface area (Å²) in [5, 5.41) is 16.6. The molecule has 0 aliphatic rings. The van der Waals surface area contributed by atoms with E-state index in [1.54, 1.807) is 18.4 Å². The Labute approximate surface area is 82.4 Å². The van der Waals surface area contributed by atoms with Gasteiger partial charge in [-0.15, -0.1) is 0 Å². The van der Waals surface area contributed by atoms with Crippen molar-refractivity contribution in [1.29, 1.82) is 0 Å². The molecular weight excluding hydrogens is 186 g/mol. The quantitative estimate of drug-likeness (QED) is 0.717. The highest BCUT2D eigenvalue weighted by molar-refractivity contribution is 7.07. The zero-order valence-corrected chi connectivity index (χ0v) is 8.51. The first-order chi connectivity index (χ1) is 6.33. The summed E-state index contributed by atoms with van der Waals surface area (Å²) in [4.78, 5) is 0. The first-order valence-corrected chi connectivity index (χ1v) is 5.16. The molecule has 0 bridgehead atoms. The molecule has 4 heteroatoms. The summed E-state index contributed by atoms with van der Waals surface area (Å²) in [6.07, 6.45) is -0.413. The number of aliphatic hydroxyl groups is 1. The molecule has 0 fully saturated rings. The van der Waals surface area contributed by atoms with Gasteiger partial charge in [0.1, 0.15) is 0 Å². The van der Waals surface area contributed by atoms with Crippen molar-refractivity contribution in [1.82, 2.24) is 5.32 Å². The number of thiophene rings is 1. The predicted molar refractivity (Wildman–Crippen MR) is 53.9 cm³/mol. The van der Waals surface area contributed by atoms with E-state index in [0.29, 0.717) is 13.2 Å². The first kappa shape index (κ1) is 10.7. The van der Waals surface area contributed by atoms with Crippen molar-refractivity contribution in [3.8, 4) is 0 Å². The van der Waals surface area contributed by atoms with Crippen LogP contribution >= 0.6 is 11.3 Å². The van der Waals surface area contributed by atoms with Crippen LogP contribution in [0.25, 0.3) is 0 Å². The molecular formula is C9H15NO2S. The van der Waals surface area contributed by atoms with E-state index in [4.69, 9.17) is 4.74 Å². The van der Waals surface area contributed by atoms with Crippen LogP contribution in [0.5, 0.6) is 0 Å². The van der Waals surface area contributed by atoms with E-state index in [9.17, 15) is 5.11 Å². The number of hydrogen-bond donors (Lipinski definition) is 2. The molecule has 1 heterocycles. The number of methoxy groups -OCH3 is 1. The normalized spacial score (nSPS) is 13.1. The first-order valence-electron chi connectivity index (χ1n) is 4.21. The van der Waals surface area contributed by atoms with Gasteiger partial charge in [-0.2, -0.15) is 11.3 Å². The summed E-state index contributed by atoms with van der Waals surface area (Å²) in [5.74, 6) is 0. The SMILES string of the molecule is COCC(O)CNCc1ccsc1. The number of nitrogens with one attached hydrogen (secondary N) is 1. The predicted octanol–water partition coefficient (Wildman–Crippen LogP) is 0.845. The maximum atomic E-state index is 9.29. The van der Waals surface area contributed by atoms with Gasteiger partial charge in [-0.25, -0.2) is 0 Å². The maximum absolute atomic E-state index is 9.29. The Morgan fingerprint density at radius 2 is 2.54 bits per heavy atom. The Morgan fingerprint density at radius 3 is 3.15 bits per heavy atom. The molecule has 1 atom stereocenters. The van der Waals surface area contributed by atoms with E-state index in [2.05, 4.69) is 16.8 Å². The fourth-order valence-corrected chi connectivity index (χ4v) is 1.70. The number of ether oxygens (including phenoxy) is 1. The average molecular weight is 201 g/mol. The molecule has 3 nitrogen and oxygen atoms in total. The van der Waals surface area contributed by atoms with Crippen molar-refractivity contribution in [3.05, 3.63) is 22.4 Å². The fourth-order valence-electron chi connectivity index (χ4n) is 1.03.